The molecular formula is C16H16IN2-. The van der Waals surface area contributed by atoms with Gasteiger partial charge in [0.15, 0.2) is 0 Å². The summed E-state index contributed by atoms with van der Waals surface area (Å²) in [6, 6.07) is 12.8. The van der Waals surface area contributed by atoms with Gasteiger partial charge in [-0.15, -0.1) is 0 Å². The molecule has 2 aromatic heterocycles. The molecule has 0 radical (unpaired) electrons. The van der Waals surface area contributed by atoms with Gasteiger partial charge in [-0.3, -0.25) is 0 Å². The summed E-state index contributed by atoms with van der Waals surface area (Å²) in [7, 11) is 0. The minimum absolute atomic E-state index is 0. The highest BCUT2D eigenvalue weighted by atomic mass is 127. The minimum atomic E-state index is 0. The predicted molar refractivity (Wildman–Crippen MR) is 74.7 cm³/mol. The number of hydrogen-bond acceptors (Lipinski definition) is 1. The number of aromatic nitrogens is 2. The van der Waals surface area contributed by atoms with Crippen LogP contribution < -0.4 is 24.0 Å². The van der Waals surface area contributed by atoms with Crippen molar-refractivity contribution in [1.29, 1.82) is 0 Å². The fourth-order valence-corrected chi connectivity index (χ4v) is 2.13. The molecule has 0 amide bonds. The Morgan fingerprint density at radius 3 is 2.53 bits per heavy atom. The van der Waals surface area contributed by atoms with Crippen LogP contribution >= 0.6 is 0 Å². The summed E-state index contributed by atoms with van der Waals surface area (Å²) in [5.41, 5.74) is 5.81. The van der Waals surface area contributed by atoms with E-state index in [1.165, 1.54) is 16.7 Å². The Morgan fingerprint density at radius 1 is 1.11 bits per heavy atom. The zero-order valence-corrected chi connectivity index (χ0v) is 13.3. The fraction of sp³-hybridized carbons (Fsp3) is 0.188. The van der Waals surface area contributed by atoms with Gasteiger partial charge in [0.2, 0.25) is 0 Å². The molecule has 0 saturated carbocycles. The summed E-state index contributed by atoms with van der Waals surface area (Å²) < 4.78 is 2.07. The van der Waals surface area contributed by atoms with Crippen LogP contribution in [-0.4, -0.2) is 9.38 Å². The summed E-state index contributed by atoms with van der Waals surface area (Å²) in [5.74, 6) is 0. The van der Waals surface area contributed by atoms with Crippen molar-refractivity contribution in [3.8, 4) is 11.3 Å². The van der Waals surface area contributed by atoms with E-state index in [1.54, 1.807) is 0 Å². The van der Waals surface area contributed by atoms with Crippen LogP contribution in [0.3, 0.4) is 0 Å². The van der Waals surface area contributed by atoms with E-state index in [2.05, 4.69) is 72.0 Å². The first-order chi connectivity index (χ1) is 8.76. The number of hydrogen-bond donors (Lipinski definition) is 0. The van der Waals surface area contributed by atoms with Crippen LogP contribution in [-0.2, 0) is 6.42 Å². The molecule has 2 nitrogen and oxygen atoms in total. The van der Waals surface area contributed by atoms with E-state index in [9.17, 15) is 0 Å². The van der Waals surface area contributed by atoms with E-state index in [0.29, 0.717) is 0 Å². The smallest absolute Gasteiger partial charge is 0.137 e. The van der Waals surface area contributed by atoms with Crippen molar-refractivity contribution < 1.29 is 24.0 Å². The van der Waals surface area contributed by atoms with Crippen molar-refractivity contribution in [2.75, 3.05) is 0 Å². The number of halogens is 1. The molecular weight excluding hydrogens is 347 g/mol. The van der Waals surface area contributed by atoms with Gasteiger partial charge in [0.1, 0.15) is 5.65 Å². The van der Waals surface area contributed by atoms with Crippen LogP contribution in [0.5, 0.6) is 0 Å². The second-order valence-corrected chi connectivity index (χ2v) is 4.65. The molecule has 3 aromatic rings. The number of rotatable bonds is 2. The first kappa shape index (κ1) is 14.1. The molecule has 0 aliphatic heterocycles. The average molecular weight is 363 g/mol. The highest BCUT2D eigenvalue weighted by Gasteiger charge is 2.04. The lowest BCUT2D eigenvalue weighted by atomic mass is 10.1. The molecule has 2 heterocycles. The Kier molecular flexibility index (Phi) is 4.24. The van der Waals surface area contributed by atoms with E-state index in [1.807, 2.05) is 0 Å². The van der Waals surface area contributed by atoms with Crippen molar-refractivity contribution in [2.24, 2.45) is 0 Å². The molecule has 0 fully saturated rings. The molecule has 0 bridgehead atoms. The maximum Gasteiger partial charge on any atom is 0.137 e. The molecule has 0 N–H and O–H groups in total. The van der Waals surface area contributed by atoms with E-state index in [-0.39, 0.29) is 24.0 Å². The van der Waals surface area contributed by atoms with Gasteiger partial charge in [-0.1, -0.05) is 31.2 Å². The van der Waals surface area contributed by atoms with Crippen molar-refractivity contribution in [3.63, 3.8) is 0 Å². The average Bonchev–Trinajstić information content (AvgIpc) is 2.81. The van der Waals surface area contributed by atoms with Gasteiger partial charge in [0.25, 0.3) is 0 Å². The van der Waals surface area contributed by atoms with Crippen LogP contribution in [0.25, 0.3) is 16.9 Å². The van der Waals surface area contributed by atoms with Crippen LogP contribution in [0.4, 0.5) is 0 Å². The normalized spacial score (nSPS) is 10.4. The van der Waals surface area contributed by atoms with Gasteiger partial charge in [0.05, 0.1) is 5.69 Å². The summed E-state index contributed by atoms with van der Waals surface area (Å²) in [6.45, 7) is 4.26. The molecule has 3 heteroatoms. The second kappa shape index (κ2) is 5.74. The monoisotopic (exact) mass is 363 g/mol. The second-order valence-electron chi connectivity index (χ2n) is 4.65. The third-order valence-corrected chi connectivity index (χ3v) is 3.27. The van der Waals surface area contributed by atoms with Crippen molar-refractivity contribution in [2.45, 2.75) is 20.3 Å². The number of fused-ring (bicyclic) bond motifs is 1. The molecule has 0 unspecified atom stereocenters. The van der Waals surface area contributed by atoms with E-state index in [4.69, 9.17) is 0 Å². The summed E-state index contributed by atoms with van der Waals surface area (Å²) >= 11 is 0. The third kappa shape index (κ3) is 2.81. The fourth-order valence-electron chi connectivity index (χ4n) is 2.13. The highest BCUT2D eigenvalue weighted by molar-refractivity contribution is 5.63. The number of pyridine rings is 1. The number of nitrogens with zero attached hydrogens (tertiary/aromatic N) is 2. The number of aryl methyl sites for hydroxylation is 2. The minimum Gasteiger partial charge on any atom is -1.00 e. The molecule has 0 aliphatic rings. The molecule has 19 heavy (non-hydrogen) atoms. The number of benzene rings is 1. The lowest BCUT2D eigenvalue weighted by Gasteiger charge is -1.98. The zero-order chi connectivity index (χ0) is 12.5. The molecule has 0 aliphatic carbocycles. The lowest BCUT2D eigenvalue weighted by Crippen LogP contribution is -3.00. The number of imidazole rings is 1. The van der Waals surface area contributed by atoms with E-state index >= 15 is 0 Å². The first-order valence-electron chi connectivity index (χ1n) is 6.31. The van der Waals surface area contributed by atoms with Gasteiger partial charge >= 0.3 is 0 Å². The SMILES string of the molecule is CCc1ccc(-c2cn3ccc(C)cc3n2)cc1.[I-]. The topological polar surface area (TPSA) is 17.3 Å². The Hall–Kier alpha value is -1.36. The molecule has 0 saturated heterocycles. The summed E-state index contributed by atoms with van der Waals surface area (Å²) in [6.07, 6.45) is 5.21. The maximum absolute atomic E-state index is 4.66. The molecule has 1 aromatic carbocycles. The van der Waals surface area contributed by atoms with E-state index < -0.39 is 0 Å². The lowest BCUT2D eigenvalue weighted by molar-refractivity contribution is -0.00000381. The van der Waals surface area contributed by atoms with Gasteiger partial charge < -0.3 is 28.4 Å². The molecule has 0 atom stereocenters. The predicted octanol–water partition coefficient (Wildman–Crippen LogP) is 0.876. The standard InChI is InChI=1S/C16H16N2.HI/c1-3-13-4-6-14(7-5-13)15-11-18-9-8-12(2)10-16(18)17-15;/h4-11H,3H2,1-2H3;1H/p-1. The Bertz CT molecular complexity index is 684. The molecule has 98 valence electrons. The van der Waals surface area contributed by atoms with Crippen LogP contribution in [0, 0.1) is 6.92 Å². The van der Waals surface area contributed by atoms with Crippen molar-refractivity contribution >= 4 is 5.65 Å². The Labute approximate surface area is 130 Å². The van der Waals surface area contributed by atoms with Gasteiger partial charge in [-0.25, -0.2) is 4.98 Å². The summed E-state index contributed by atoms with van der Waals surface area (Å²) in [5, 5.41) is 0. The highest BCUT2D eigenvalue weighted by Crippen LogP contribution is 2.20. The van der Waals surface area contributed by atoms with E-state index in [0.717, 1.165) is 17.8 Å². The van der Waals surface area contributed by atoms with Gasteiger partial charge in [-0.2, -0.15) is 0 Å². The zero-order valence-electron chi connectivity index (χ0n) is 11.1. The first-order valence-corrected chi connectivity index (χ1v) is 6.31. The summed E-state index contributed by atoms with van der Waals surface area (Å²) in [4.78, 5) is 4.66. The largest absolute Gasteiger partial charge is 1.00 e. The Balaban J connectivity index is 0.00000133. The Morgan fingerprint density at radius 2 is 1.84 bits per heavy atom. The van der Waals surface area contributed by atoms with Crippen LogP contribution in [0.2, 0.25) is 0 Å². The van der Waals surface area contributed by atoms with Crippen LogP contribution in [0.15, 0.2) is 48.8 Å². The van der Waals surface area contributed by atoms with Gasteiger partial charge in [-0.05, 0) is 36.6 Å². The molecule has 3 rings (SSSR count). The molecule has 0 spiro atoms. The quantitative estimate of drug-likeness (QED) is 0.618. The third-order valence-electron chi connectivity index (χ3n) is 3.27. The maximum atomic E-state index is 4.66. The van der Waals surface area contributed by atoms with Crippen molar-refractivity contribution in [1.82, 2.24) is 9.38 Å². The van der Waals surface area contributed by atoms with Crippen LogP contribution in [0.1, 0.15) is 18.1 Å². The van der Waals surface area contributed by atoms with Crippen molar-refractivity contribution in [3.05, 3.63) is 59.9 Å². The van der Waals surface area contributed by atoms with Gasteiger partial charge in [0, 0.05) is 18.0 Å².